The number of nitrogens with zero attached hydrogens (tertiary/aromatic N) is 1. The molecule has 9 atom stereocenters. The van der Waals surface area contributed by atoms with E-state index in [2.05, 4.69) is 12.2 Å². The van der Waals surface area contributed by atoms with Gasteiger partial charge in [-0.15, -0.1) is 11.8 Å². The molecule has 2 saturated heterocycles. The van der Waals surface area contributed by atoms with Crippen LogP contribution in [0.1, 0.15) is 39.5 Å². The number of carbonyl (C=O) groups excluding carboxylic acids is 1. The van der Waals surface area contributed by atoms with Crippen molar-refractivity contribution in [1.82, 2.24) is 10.2 Å². The predicted octanol–water partition coefficient (Wildman–Crippen LogP) is -0.467. The number of aliphatic hydroxyl groups excluding tert-OH is 4. The molecule has 0 aromatic rings. The van der Waals surface area contributed by atoms with E-state index >= 15 is 0 Å². The SMILES string of the molecule is CCC[C@@H]1C[C@@H](C(=O)N[C@H](C[C@H](C)O)[C@H]2O[C@H](SC)[C@H](O)[C@@H](O)[C@H]2O)N(C)C1. The van der Waals surface area contributed by atoms with Crippen molar-refractivity contribution >= 4 is 17.7 Å². The molecule has 0 radical (unpaired) electrons. The molecule has 1 amide bonds. The van der Waals surface area contributed by atoms with Gasteiger partial charge in [0.15, 0.2) is 0 Å². The van der Waals surface area contributed by atoms with E-state index in [4.69, 9.17) is 4.74 Å². The van der Waals surface area contributed by atoms with Crippen LogP contribution in [0, 0.1) is 5.92 Å². The van der Waals surface area contributed by atoms with Crippen LogP contribution in [-0.4, -0.2) is 99.1 Å². The zero-order valence-electron chi connectivity index (χ0n) is 17.2. The van der Waals surface area contributed by atoms with E-state index < -0.39 is 42.0 Å². The van der Waals surface area contributed by atoms with Gasteiger partial charge in [0.25, 0.3) is 0 Å². The summed E-state index contributed by atoms with van der Waals surface area (Å²) in [4.78, 5) is 15.0. The molecular weight excluding hydrogens is 384 g/mol. The van der Waals surface area contributed by atoms with Gasteiger partial charge in [0, 0.05) is 6.54 Å². The van der Waals surface area contributed by atoms with Crippen molar-refractivity contribution in [2.75, 3.05) is 19.8 Å². The van der Waals surface area contributed by atoms with E-state index in [1.165, 1.54) is 11.8 Å². The Morgan fingerprint density at radius 1 is 1.29 bits per heavy atom. The summed E-state index contributed by atoms with van der Waals surface area (Å²) in [5.74, 6) is 0.319. The summed E-state index contributed by atoms with van der Waals surface area (Å²) in [6.07, 6.45) is -0.778. The van der Waals surface area contributed by atoms with E-state index in [0.29, 0.717) is 5.92 Å². The molecule has 8 nitrogen and oxygen atoms in total. The standard InChI is InChI=1S/C19H36N2O6S/c1-5-6-11-8-13(21(3)9-11)18(26)20-12(7-10(2)22)17-15(24)14(23)16(25)19(27-17)28-4/h10-17,19,22-25H,5-9H2,1-4H3,(H,20,26)/t10-,11+,12+,13-,14-,15+,16+,17+,19+/m0/s1. The monoisotopic (exact) mass is 420 g/mol. The molecule has 0 aliphatic carbocycles. The Morgan fingerprint density at radius 2 is 1.96 bits per heavy atom. The Labute approximate surface area is 171 Å². The average Bonchev–Trinajstić information content (AvgIpc) is 3.00. The molecule has 0 aromatic carbocycles. The Kier molecular flexibility index (Phi) is 9.00. The maximum atomic E-state index is 13.0. The van der Waals surface area contributed by atoms with Crippen molar-refractivity contribution in [3.63, 3.8) is 0 Å². The molecule has 9 heteroatoms. The van der Waals surface area contributed by atoms with Crippen LogP contribution in [0.3, 0.4) is 0 Å². The Morgan fingerprint density at radius 3 is 2.54 bits per heavy atom. The zero-order chi connectivity index (χ0) is 21.0. The summed E-state index contributed by atoms with van der Waals surface area (Å²) in [5, 5.41) is 43.6. The molecule has 5 N–H and O–H groups in total. The number of aliphatic hydroxyl groups is 4. The third kappa shape index (κ3) is 5.59. The molecule has 164 valence electrons. The molecule has 0 spiro atoms. The van der Waals surface area contributed by atoms with Gasteiger partial charge in [-0.1, -0.05) is 13.3 Å². The second-order valence-electron chi connectivity index (χ2n) is 8.22. The lowest BCUT2D eigenvalue weighted by molar-refractivity contribution is -0.206. The molecular formula is C19H36N2O6S. The predicted molar refractivity (Wildman–Crippen MR) is 108 cm³/mol. The smallest absolute Gasteiger partial charge is 0.237 e. The second-order valence-corrected chi connectivity index (χ2v) is 9.16. The van der Waals surface area contributed by atoms with E-state index in [1.54, 1.807) is 13.2 Å². The van der Waals surface area contributed by atoms with Gasteiger partial charge in [-0.2, -0.15) is 0 Å². The number of amides is 1. The Hall–Kier alpha value is -0.420. The van der Waals surface area contributed by atoms with Crippen molar-refractivity contribution < 1.29 is 30.0 Å². The number of hydrogen-bond acceptors (Lipinski definition) is 8. The average molecular weight is 421 g/mol. The first-order valence-electron chi connectivity index (χ1n) is 10.1. The number of carbonyl (C=O) groups is 1. The maximum Gasteiger partial charge on any atom is 0.237 e. The molecule has 0 saturated carbocycles. The van der Waals surface area contributed by atoms with Gasteiger partial charge in [0.2, 0.25) is 5.91 Å². The lowest BCUT2D eigenvalue weighted by atomic mass is 9.91. The minimum Gasteiger partial charge on any atom is -0.393 e. The van der Waals surface area contributed by atoms with E-state index in [1.807, 2.05) is 11.9 Å². The fourth-order valence-corrected chi connectivity index (χ4v) is 5.03. The van der Waals surface area contributed by atoms with Crippen LogP contribution in [0.2, 0.25) is 0 Å². The number of ether oxygens (including phenoxy) is 1. The minimum absolute atomic E-state index is 0.163. The molecule has 2 heterocycles. The van der Waals surface area contributed by atoms with Crippen molar-refractivity contribution in [3.05, 3.63) is 0 Å². The van der Waals surface area contributed by atoms with Crippen molar-refractivity contribution in [2.24, 2.45) is 5.92 Å². The minimum atomic E-state index is -1.38. The summed E-state index contributed by atoms with van der Waals surface area (Å²) >= 11 is 1.22. The molecule has 28 heavy (non-hydrogen) atoms. The quantitative estimate of drug-likeness (QED) is 0.357. The first-order valence-corrected chi connectivity index (χ1v) is 11.4. The van der Waals surface area contributed by atoms with E-state index in [0.717, 1.165) is 25.8 Å². The highest BCUT2D eigenvalue weighted by Crippen LogP contribution is 2.30. The highest BCUT2D eigenvalue weighted by Gasteiger charge is 2.47. The zero-order valence-corrected chi connectivity index (χ0v) is 18.0. The summed E-state index contributed by atoms with van der Waals surface area (Å²) in [6, 6.07) is -0.946. The van der Waals surface area contributed by atoms with Crippen LogP contribution < -0.4 is 5.32 Å². The molecule has 2 aliphatic rings. The number of rotatable bonds is 8. The number of thioether (sulfide) groups is 1. The van der Waals surface area contributed by atoms with Crippen LogP contribution in [0.15, 0.2) is 0 Å². The summed E-state index contributed by atoms with van der Waals surface area (Å²) in [5.41, 5.74) is -0.722. The molecule has 2 rings (SSSR count). The van der Waals surface area contributed by atoms with Gasteiger partial charge in [-0.3, -0.25) is 9.69 Å². The van der Waals surface area contributed by atoms with Crippen LogP contribution >= 0.6 is 11.8 Å². The largest absolute Gasteiger partial charge is 0.393 e. The van der Waals surface area contributed by atoms with Gasteiger partial charge < -0.3 is 30.5 Å². The van der Waals surface area contributed by atoms with Crippen LogP contribution in [0.4, 0.5) is 0 Å². The van der Waals surface area contributed by atoms with Gasteiger partial charge in [-0.25, -0.2) is 0 Å². The topological polar surface area (TPSA) is 122 Å². The van der Waals surface area contributed by atoms with Gasteiger partial charge >= 0.3 is 0 Å². The Balaban J connectivity index is 2.11. The first-order chi connectivity index (χ1) is 13.2. The fraction of sp³-hybridized carbons (Fsp3) is 0.947. The van der Waals surface area contributed by atoms with E-state index in [9.17, 15) is 25.2 Å². The third-order valence-electron chi connectivity index (χ3n) is 5.79. The first kappa shape index (κ1) is 23.9. The normalized spacial score (nSPS) is 38.9. The summed E-state index contributed by atoms with van der Waals surface area (Å²) in [6.45, 7) is 4.61. The summed E-state index contributed by atoms with van der Waals surface area (Å²) < 4.78 is 5.81. The van der Waals surface area contributed by atoms with Gasteiger partial charge in [-0.05, 0) is 45.4 Å². The highest BCUT2D eigenvalue weighted by molar-refractivity contribution is 7.99. The van der Waals surface area contributed by atoms with Gasteiger partial charge in [0.1, 0.15) is 29.9 Å². The van der Waals surface area contributed by atoms with Crippen LogP contribution in [0.5, 0.6) is 0 Å². The molecule has 0 unspecified atom stereocenters. The lowest BCUT2D eigenvalue weighted by Gasteiger charge is -2.43. The fourth-order valence-electron chi connectivity index (χ4n) is 4.35. The van der Waals surface area contributed by atoms with Crippen LogP contribution in [0.25, 0.3) is 0 Å². The van der Waals surface area contributed by atoms with Crippen LogP contribution in [-0.2, 0) is 9.53 Å². The molecule has 0 aromatic heterocycles. The maximum absolute atomic E-state index is 13.0. The number of likely N-dealkylation sites (tertiary alicyclic amines) is 1. The van der Waals surface area contributed by atoms with E-state index in [-0.39, 0.29) is 18.4 Å². The number of likely N-dealkylation sites (N-methyl/N-ethyl adjacent to an activating group) is 1. The number of nitrogens with one attached hydrogen (secondary N) is 1. The van der Waals surface area contributed by atoms with Crippen molar-refractivity contribution in [3.8, 4) is 0 Å². The van der Waals surface area contributed by atoms with Gasteiger partial charge in [0.05, 0.1) is 18.2 Å². The third-order valence-corrected chi connectivity index (χ3v) is 6.65. The number of hydrogen-bond donors (Lipinski definition) is 5. The van der Waals surface area contributed by atoms with Crippen molar-refractivity contribution in [2.45, 2.75) is 87.6 Å². The molecule has 2 aliphatic heterocycles. The molecule has 2 fully saturated rings. The van der Waals surface area contributed by atoms with Crippen molar-refractivity contribution in [1.29, 1.82) is 0 Å². The second kappa shape index (κ2) is 10.6. The highest BCUT2D eigenvalue weighted by atomic mass is 32.2. The molecule has 0 bridgehead atoms. The Bertz CT molecular complexity index is 509. The lowest BCUT2D eigenvalue weighted by Crippen LogP contribution is -2.63. The summed E-state index contributed by atoms with van der Waals surface area (Å²) in [7, 11) is 1.93.